The largest absolute Gasteiger partial charge is 0.493 e. The van der Waals surface area contributed by atoms with Crippen molar-refractivity contribution in [3.05, 3.63) is 23.8 Å². The Morgan fingerprint density at radius 2 is 1.95 bits per heavy atom. The van der Waals surface area contributed by atoms with Gasteiger partial charge in [0.05, 0.1) is 14.2 Å². The van der Waals surface area contributed by atoms with E-state index in [-0.39, 0.29) is 0 Å². The zero-order chi connectivity index (χ0) is 15.4. The van der Waals surface area contributed by atoms with Crippen LogP contribution in [0.15, 0.2) is 18.2 Å². The molecule has 4 nitrogen and oxygen atoms in total. The summed E-state index contributed by atoms with van der Waals surface area (Å²) in [6.07, 6.45) is 2.14. The number of nitrogens with zero attached hydrogens (tertiary/aromatic N) is 1. The molecular formula is C17H28N2O2. The summed E-state index contributed by atoms with van der Waals surface area (Å²) in [4.78, 5) is 2.51. The van der Waals surface area contributed by atoms with Gasteiger partial charge in [-0.15, -0.1) is 0 Å². The van der Waals surface area contributed by atoms with Gasteiger partial charge in [-0.05, 0) is 43.4 Å². The molecule has 1 fully saturated rings. The van der Waals surface area contributed by atoms with Gasteiger partial charge in [-0.3, -0.25) is 4.90 Å². The van der Waals surface area contributed by atoms with E-state index in [1.165, 1.54) is 5.56 Å². The van der Waals surface area contributed by atoms with Crippen LogP contribution in [0, 0.1) is 5.92 Å². The lowest BCUT2D eigenvalue weighted by Gasteiger charge is -2.38. The Hall–Kier alpha value is -1.26. The molecule has 0 spiro atoms. The maximum absolute atomic E-state index is 6.15. The molecule has 1 aromatic rings. The monoisotopic (exact) mass is 292 g/mol. The number of methoxy groups -OCH3 is 2. The summed E-state index contributed by atoms with van der Waals surface area (Å²) >= 11 is 0. The van der Waals surface area contributed by atoms with Crippen LogP contribution < -0.4 is 15.2 Å². The minimum absolute atomic E-state index is 0.307. The Kier molecular flexibility index (Phi) is 5.48. The van der Waals surface area contributed by atoms with Crippen molar-refractivity contribution in [3.63, 3.8) is 0 Å². The molecule has 0 aliphatic carbocycles. The molecule has 0 radical (unpaired) electrons. The third-order valence-corrected chi connectivity index (χ3v) is 4.32. The molecule has 4 heteroatoms. The fraction of sp³-hybridized carbons (Fsp3) is 0.647. The quantitative estimate of drug-likeness (QED) is 0.904. The molecule has 3 atom stereocenters. The SMILES string of the molecule is COc1ccc(CC(C)N2CC(C)CC(N)C2)cc1OC. The molecule has 0 aromatic heterocycles. The van der Waals surface area contributed by atoms with E-state index in [0.717, 1.165) is 37.4 Å². The summed E-state index contributed by atoms with van der Waals surface area (Å²) in [5.41, 5.74) is 7.42. The minimum Gasteiger partial charge on any atom is -0.493 e. The predicted molar refractivity (Wildman–Crippen MR) is 86.0 cm³/mol. The topological polar surface area (TPSA) is 47.7 Å². The second-order valence-electron chi connectivity index (χ2n) is 6.30. The van der Waals surface area contributed by atoms with E-state index in [4.69, 9.17) is 15.2 Å². The van der Waals surface area contributed by atoms with Gasteiger partial charge in [-0.25, -0.2) is 0 Å². The fourth-order valence-electron chi connectivity index (χ4n) is 3.28. The van der Waals surface area contributed by atoms with Gasteiger partial charge in [0.15, 0.2) is 11.5 Å². The van der Waals surface area contributed by atoms with Crippen LogP contribution in [0.1, 0.15) is 25.8 Å². The zero-order valence-electron chi connectivity index (χ0n) is 13.6. The van der Waals surface area contributed by atoms with Crippen LogP contribution in [0.25, 0.3) is 0 Å². The van der Waals surface area contributed by atoms with E-state index < -0.39 is 0 Å². The van der Waals surface area contributed by atoms with Gasteiger partial charge in [-0.2, -0.15) is 0 Å². The smallest absolute Gasteiger partial charge is 0.160 e. The van der Waals surface area contributed by atoms with Crippen molar-refractivity contribution >= 4 is 0 Å². The molecule has 0 bridgehead atoms. The van der Waals surface area contributed by atoms with E-state index >= 15 is 0 Å². The number of likely N-dealkylation sites (tertiary alicyclic amines) is 1. The van der Waals surface area contributed by atoms with Gasteiger partial charge >= 0.3 is 0 Å². The number of nitrogens with two attached hydrogens (primary N) is 1. The van der Waals surface area contributed by atoms with E-state index in [1.54, 1.807) is 14.2 Å². The number of ether oxygens (including phenoxy) is 2. The summed E-state index contributed by atoms with van der Waals surface area (Å²) < 4.78 is 10.7. The molecule has 1 aliphatic heterocycles. The molecule has 21 heavy (non-hydrogen) atoms. The first kappa shape index (κ1) is 16.1. The van der Waals surface area contributed by atoms with Crippen molar-refractivity contribution in [1.29, 1.82) is 0 Å². The highest BCUT2D eigenvalue weighted by Gasteiger charge is 2.25. The first-order chi connectivity index (χ1) is 10.0. The Morgan fingerprint density at radius 3 is 2.57 bits per heavy atom. The van der Waals surface area contributed by atoms with Crippen molar-refractivity contribution in [1.82, 2.24) is 4.90 Å². The van der Waals surface area contributed by atoms with E-state index in [9.17, 15) is 0 Å². The Balaban J connectivity index is 2.03. The summed E-state index contributed by atoms with van der Waals surface area (Å²) in [5.74, 6) is 2.26. The summed E-state index contributed by atoms with van der Waals surface area (Å²) in [7, 11) is 3.34. The van der Waals surface area contributed by atoms with Gasteiger partial charge in [0.25, 0.3) is 0 Å². The lowest BCUT2D eigenvalue weighted by Crippen LogP contribution is -2.50. The summed E-state index contributed by atoms with van der Waals surface area (Å²) in [6.45, 7) is 6.71. The first-order valence-corrected chi connectivity index (χ1v) is 7.74. The van der Waals surface area contributed by atoms with Gasteiger partial charge in [0, 0.05) is 25.2 Å². The highest BCUT2D eigenvalue weighted by atomic mass is 16.5. The molecule has 0 saturated carbocycles. The first-order valence-electron chi connectivity index (χ1n) is 7.74. The fourth-order valence-corrected chi connectivity index (χ4v) is 3.28. The standard InChI is InChI=1S/C17H28N2O2/c1-12-7-15(18)11-19(10-12)13(2)8-14-5-6-16(20-3)17(9-14)21-4/h5-6,9,12-13,15H,7-8,10-11,18H2,1-4H3. The molecular weight excluding hydrogens is 264 g/mol. The lowest BCUT2D eigenvalue weighted by atomic mass is 9.94. The van der Waals surface area contributed by atoms with Crippen molar-refractivity contribution < 1.29 is 9.47 Å². The van der Waals surface area contributed by atoms with Crippen molar-refractivity contribution in [3.8, 4) is 11.5 Å². The highest BCUT2D eigenvalue weighted by Crippen LogP contribution is 2.28. The molecule has 2 rings (SSSR count). The second-order valence-corrected chi connectivity index (χ2v) is 6.30. The van der Waals surface area contributed by atoms with Gasteiger partial charge in [0.2, 0.25) is 0 Å². The van der Waals surface area contributed by atoms with Gasteiger partial charge < -0.3 is 15.2 Å². The number of benzene rings is 1. The lowest BCUT2D eigenvalue weighted by molar-refractivity contribution is 0.123. The maximum Gasteiger partial charge on any atom is 0.160 e. The van der Waals surface area contributed by atoms with Crippen molar-refractivity contribution in [2.45, 2.75) is 38.8 Å². The second kappa shape index (κ2) is 7.14. The molecule has 118 valence electrons. The zero-order valence-corrected chi connectivity index (χ0v) is 13.6. The van der Waals surface area contributed by atoms with E-state index in [0.29, 0.717) is 18.0 Å². The van der Waals surface area contributed by atoms with E-state index in [1.807, 2.05) is 6.07 Å². The Labute approximate surface area is 128 Å². The van der Waals surface area contributed by atoms with Crippen LogP contribution >= 0.6 is 0 Å². The van der Waals surface area contributed by atoms with E-state index in [2.05, 4.69) is 30.9 Å². The number of hydrogen-bond donors (Lipinski definition) is 1. The summed E-state index contributed by atoms with van der Waals surface area (Å²) in [6, 6.07) is 6.96. The number of rotatable bonds is 5. The Bertz CT molecular complexity index is 454. The average Bonchev–Trinajstić information content (AvgIpc) is 2.46. The molecule has 1 aromatic carbocycles. The third-order valence-electron chi connectivity index (χ3n) is 4.32. The molecule has 1 saturated heterocycles. The highest BCUT2D eigenvalue weighted by molar-refractivity contribution is 5.43. The molecule has 2 N–H and O–H groups in total. The normalized spacial score (nSPS) is 24.6. The van der Waals surface area contributed by atoms with Gasteiger partial charge in [0.1, 0.15) is 0 Å². The maximum atomic E-state index is 6.15. The third kappa shape index (κ3) is 4.11. The van der Waals surface area contributed by atoms with Crippen LogP contribution in [0.2, 0.25) is 0 Å². The van der Waals surface area contributed by atoms with Crippen molar-refractivity contribution in [2.24, 2.45) is 11.7 Å². The number of piperidine rings is 1. The summed E-state index contributed by atoms with van der Waals surface area (Å²) in [5, 5.41) is 0. The van der Waals surface area contributed by atoms with Crippen LogP contribution in [0.5, 0.6) is 11.5 Å². The number of hydrogen-bond acceptors (Lipinski definition) is 4. The van der Waals surface area contributed by atoms with Crippen LogP contribution in [-0.2, 0) is 6.42 Å². The predicted octanol–water partition coefficient (Wildman–Crippen LogP) is 2.30. The molecule has 1 aliphatic rings. The van der Waals surface area contributed by atoms with Gasteiger partial charge in [-0.1, -0.05) is 13.0 Å². The van der Waals surface area contributed by atoms with Crippen LogP contribution in [0.4, 0.5) is 0 Å². The Morgan fingerprint density at radius 1 is 1.24 bits per heavy atom. The molecule has 3 unspecified atom stereocenters. The minimum atomic E-state index is 0.307. The van der Waals surface area contributed by atoms with Crippen LogP contribution in [0.3, 0.4) is 0 Å². The van der Waals surface area contributed by atoms with Crippen LogP contribution in [-0.4, -0.2) is 44.3 Å². The molecule has 0 amide bonds. The van der Waals surface area contributed by atoms with Crippen molar-refractivity contribution in [2.75, 3.05) is 27.3 Å². The average molecular weight is 292 g/mol. The molecule has 1 heterocycles.